The molecular weight excluding hydrogens is 368 g/mol. The molecule has 2 heterocycles. The van der Waals surface area contributed by atoms with E-state index in [0.717, 1.165) is 24.5 Å². The van der Waals surface area contributed by atoms with Gasteiger partial charge in [-0.1, -0.05) is 0 Å². The first-order chi connectivity index (χ1) is 14.2. The molecule has 0 bridgehead atoms. The zero-order valence-corrected chi connectivity index (χ0v) is 16.6. The average Bonchev–Trinajstić information content (AvgIpc) is 3.29. The first-order valence-electron chi connectivity index (χ1n) is 9.56. The molecule has 0 unspecified atom stereocenters. The number of methoxy groups -OCH3 is 2. The van der Waals surface area contributed by atoms with Gasteiger partial charge in [0.15, 0.2) is 5.82 Å². The van der Waals surface area contributed by atoms with E-state index >= 15 is 0 Å². The van der Waals surface area contributed by atoms with Gasteiger partial charge >= 0.3 is 0 Å². The molecule has 4 rings (SSSR count). The van der Waals surface area contributed by atoms with E-state index in [2.05, 4.69) is 42.8 Å². The predicted octanol–water partition coefficient (Wildman–Crippen LogP) is 3.98. The molecule has 0 aliphatic carbocycles. The molecule has 1 aromatic heterocycles. The summed E-state index contributed by atoms with van der Waals surface area (Å²) in [4.78, 5) is 6.89. The maximum atomic E-state index is 5.39. The molecule has 1 saturated heterocycles. The van der Waals surface area contributed by atoms with Crippen LogP contribution in [0.2, 0.25) is 0 Å². The fraction of sp³-hybridized carbons (Fsp3) is 0.286. The highest BCUT2D eigenvalue weighted by Crippen LogP contribution is 2.31. The number of ether oxygens (including phenoxy) is 2. The standard InChI is InChI=1S/C21H24N6O2/c1-28-17-9-10-19(29-2)18(13-17)24-20-14-22-26-21(25-20)23-15-5-7-16(8-6-15)27-11-3-4-12-27/h5-10,13-14H,3-4,11-12H2,1-2H3,(H2,23,24,25,26). The zero-order valence-electron chi connectivity index (χ0n) is 16.6. The molecule has 0 radical (unpaired) electrons. The summed E-state index contributed by atoms with van der Waals surface area (Å²) in [5.74, 6) is 2.34. The number of aromatic nitrogens is 3. The molecule has 2 aromatic carbocycles. The minimum absolute atomic E-state index is 0.408. The maximum absolute atomic E-state index is 5.39. The van der Waals surface area contributed by atoms with E-state index in [1.807, 2.05) is 30.3 Å². The summed E-state index contributed by atoms with van der Waals surface area (Å²) in [6.07, 6.45) is 4.08. The van der Waals surface area contributed by atoms with E-state index in [1.165, 1.54) is 18.5 Å². The third-order valence-electron chi connectivity index (χ3n) is 4.82. The van der Waals surface area contributed by atoms with Crippen molar-refractivity contribution < 1.29 is 9.47 Å². The molecule has 0 atom stereocenters. The van der Waals surface area contributed by atoms with Gasteiger partial charge in [0.05, 0.1) is 26.1 Å². The second kappa shape index (κ2) is 8.64. The van der Waals surface area contributed by atoms with Crippen LogP contribution in [0.4, 0.5) is 28.8 Å². The first-order valence-corrected chi connectivity index (χ1v) is 9.56. The van der Waals surface area contributed by atoms with Crippen molar-refractivity contribution in [1.82, 2.24) is 15.2 Å². The second-order valence-corrected chi connectivity index (χ2v) is 6.72. The topological polar surface area (TPSA) is 84.4 Å². The minimum atomic E-state index is 0.408. The summed E-state index contributed by atoms with van der Waals surface area (Å²) in [6.45, 7) is 2.25. The highest BCUT2D eigenvalue weighted by molar-refractivity contribution is 5.67. The summed E-state index contributed by atoms with van der Waals surface area (Å²) in [7, 11) is 3.23. The molecule has 0 saturated carbocycles. The molecule has 1 aliphatic heterocycles. The Morgan fingerprint density at radius 3 is 2.45 bits per heavy atom. The number of benzene rings is 2. The normalized spacial score (nSPS) is 13.2. The Hall–Kier alpha value is -3.55. The largest absolute Gasteiger partial charge is 0.497 e. The maximum Gasteiger partial charge on any atom is 0.249 e. The van der Waals surface area contributed by atoms with Gasteiger partial charge in [0.2, 0.25) is 5.95 Å². The molecule has 2 N–H and O–H groups in total. The third-order valence-corrected chi connectivity index (χ3v) is 4.82. The molecule has 0 spiro atoms. The number of nitrogens with one attached hydrogen (secondary N) is 2. The SMILES string of the molecule is COc1ccc(OC)c(Nc2cnnc(Nc3ccc(N4CCCC4)cc3)n2)c1. The lowest BCUT2D eigenvalue weighted by molar-refractivity contribution is 0.405. The Bertz CT molecular complexity index is 958. The van der Waals surface area contributed by atoms with Crippen LogP contribution in [0, 0.1) is 0 Å². The van der Waals surface area contributed by atoms with E-state index in [9.17, 15) is 0 Å². The number of rotatable bonds is 7. The van der Waals surface area contributed by atoms with Gasteiger partial charge in [-0.05, 0) is 49.2 Å². The van der Waals surface area contributed by atoms with E-state index in [0.29, 0.717) is 23.3 Å². The van der Waals surface area contributed by atoms with Crippen LogP contribution in [0.1, 0.15) is 12.8 Å². The van der Waals surface area contributed by atoms with Crippen LogP contribution < -0.4 is 25.0 Å². The second-order valence-electron chi connectivity index (χ2n) is 6.72. The van der Waals surface area contributed by atoms with Crippen LogP contribution >= 0.6 is 0 Å². The van der Waals surface area contributed by atoms with Crippen molar-refractivity contribution in [3.63, 3.8) is 0 Å². The van der Waals surface area contributed by atoms with Crippen LogP contribution in [-0.2, 0) is 0 Å². The van der Waals surface area contributed by atoms with Gasteiger partial charge in [0.25, 0.3) is 0 Å². The Balaban J connectivity index is 1.47. The van der Waals surface area contributed by atoms with Crippen molar-refractivity contribution in [3.8, 4) is 11.5 Å². The summed E-state index contributed by atoms with van der Waals surface area (Å²) in [5, 5.41) is 14.5. The lowest BCUT2D eigenvalue weighted by Crippen LogP contribution is -2.17. The lowest BCUT2D eigenvalue weighted by atomic mass is 10.2. The third kappa shape index (κ3) is 4.48. The Kier molecular flexibility index (Phi) is 5.60. The van der Waals surface area contributed by atoms with Gasteiger partial charge in [-0.25, -0.2) is 0 Å². The average molecular weight is 392 g/mol. The Morgan fingerprint density at radius 1 is 0.931 bits per heavy atom. The van der Waals surface area contributed by atoms with Crippen molar-refractivity contribution in [2.45, 2.75) is 12.8 Å². The van der Waals surface area contributed by atoms with Crippen molar-refractivity contribution in [2.75, 3.05) is 42.8 Å². The lowest BCUT2D eigenvalue weighted by Gasteiger charge is -2.17. The quantitative estimate of drug-likeness (QED) is 0.625. The van der Waals surface area contributed by atoms with E-state index < -0.39 is 0 Å². The van der Waals surface area contributed by atoms with Crippen molar-refractivity contribution >= 4 is 28.8 Å². The highest BCUT2D eigenvalue weighted by atomic mass is 16.5. The van der Waals surface area contributed by atoms with Crippen LogP contribution in [-0.4, -0.2) is 42.5 Å². The molecule has 1 aliphatic rings. The van der Waals surface area contributed by atoms with Crippen LogP contribution in [0.3, 0.4) is 0 Å². The minimum Gasteiger partial charge on any atom is -0.497 e. The van der Waals surface area contributed by atoms with Gasteiger partial charge < -0.3 is 25.0 Å². The smallest absolute Gasteiger partial charge is 0.249 e. The molecule has 8 heteroatoms. The van der Waals surface area contributed by atoms with Gasteiger partial charge in [-0.15, -0.1) is 5.10 Å². The fourth-order valence-corrected chi connectivity index (χ4v) is 3.33. The molecule has 3 aromatic rings. The van der Waals surface area contributed by atoms with Gasteiger partial charge in [-0.3, -0.25) is 0 Å². The Morgan fingerprint density at radius 2 is 1.72 bits per heavy atom. The van der Waals surface area contributed by atoms with Crippen LogP contribution in [0.5, 0.6) is 11.5 Å². The van der Waals surface area contributed by atoms with Gasteiger partial charge in [-0.2, -0.15) is 10.1 Å². The number of nitrogens with zero attached hydrogens (tertiary/aromatic N) is 4. The van der Waals surface area contributed by atoms with Crippen LogP contribution in [0.15, 0.2) is 48.7 Å². The number of hydrogen-bond donors (Lipinski definition) is 2. The van der Waals surface area contributed by atoms with Crippen molar-refractivity contribution in [1.29, 1.82) is 0 Å². The zero-order chi connectivity index (χ0) is 20.1. The van der Waals surface area contributed by atoms with Crippen molar-refractivity contribution in [2.24, 2.45) is 0 Å². The van der Waals surface area contributed by atoms with E-state index in [4.69, 9.17) is 9.47 Å². The molecule has 0 amide bonds. The molecule has 1 fully saturated rings. The van der Waals surface area contributed by atoms with E-state index in [-0.39, 0.29) is 0 Å². The summed E-state index contributed by atoms with van der Waals surface area (Å²) in [6, 6.07) is 13.8. The Labute approximate surface area is 169 Å². The molecule has 150 valence electrons. The van der Waals surface area contributed by atoms with Crippen LogP contribution in [0.25, 0.3) is 0 Å². The summed E-state index contributed by atoms with van der Waals surface area (Å²) < 4.78 is 10.7. The molecule has 8 nitrogen and oxygen atoms in total. The number of anilines is 5. The highest BCUT2D eigenvalue weighted by Gasteiger charge is 2.12. The fourth-order valence-electron chi connectivity index (χ4n) is 3.33. The summed E-state index contributed by atoms with van der Waals surface area (Å²) >= 11 is 0. The monoisotopic (exact) mass is 392 g/mol. The van der Waals surface area contributed by atoms with Gasteiger partial charge in [0.1, 0.15) is 11.5 Å². The predicted molar refractivity (Wildman–Crippen MR) is 114 cm³/mol. The van der Waals surface area contributed by atoms with Crippen molar-refractivity contribution in [3.05, 3.63) is 48.7 Å². The van der Waals surface area contributed by atoms with E-state index in [1.54, 1.807) is 20.4 Å². The summed E-state index contributed by atoms with van der Waals surface area (Å²) in [5.41, 5.74) is 2.88. The number of hydrogen-bond acceptors (Lipinski definition) is 8. The molecule has 29 heavy (non-hydrogen) atoms. The first kappa shape index (κ1) is 18.8. The van der Waals surface area contributed by atoms with Gasteiger partial charge in [0, 0.05) is 30.5 Å². The molecular formula is C21H24N6O2.